The normalized spacial score (nSPS) is 19.4. The van der Waals surface area contributed by atoms with Gasteiger partial charge in [-0.05, 0) is 41.3 Å². The first-order valence-corrected chi connectivity index (χ1v) is 15.0. The van der Waals surface area contributed by atoms with E-state index in [9.17, 15) is 19.2 Å². The number of thioether (sulfide) groups is 1. The quantitative estimate of drug-likeness (QED) is 0.255. The van der Waals surface area contributed by atoms with E-state index in [0.29, 0.717) is 22.2 Å². The van der Waals surface area contributed by atoms with Crippen molar-refractivity contribution < 1.29 is 19.1 Å². The van der Waals surface area contributed by atoms with Gasteiger partial charge in [-0.2, -0.15) is 0 Å². The SMILES string of the molecule is O=C(COc1ccc([C@@H]2c3sc(=O)[nH]c3S[C@H]3C(=O)N(c4ccccc4)C(=O)[C@@H]23)cc1)Nc1cccc2ccccc12. The summed E-state index contributed by atoms with van der Waals surface area (Å²) in [6.45, 7) is -0.185. The van der Waals surface area contributed by atoms with Crippen molar-refractivity contribution in [3.63, 3.8) is 0 Å². The lowest BCUT2D eigenvalue weighted by molar-refractivity contribution is -0.122. The Morgan fingerprint density at radius 3 is 2.40 bits per heavy atom. The summed E-state index contributed by atoms with van der Waals surface area (Å²) >= 11 is 2.31. The zero-order chi connectivity index (χ0) is 28.8. The molecule has 2 aliphatic rings. The van der Waals surface area contributed by atoms with E-state index < -0.39 is 17.1 Å². The number of thiazole rings is 1. The molecule has 42 heavy (non-hydrogen) atoms. The number of anilines is 2. The molecule has 2 N–H and O–H groups in total. The van der Waals surface area contributed by atoms with Gasteiger partial charge in [0.2, 0.25) is 11.8 Å². The van der Waals surface area contributed by atoms with Crippen molar-refractivity contribution in [1.29, 1.82) is 0 Å². The Morgan fingerprint density at radius 2 is 1.60 bits per heavy atom. The van der Waals surface area contributed by atoms with Gasteiger partial charge in [0.1, 0.15) is 11.0 Å². The summed E-state index contributed by atoms with van der Waals surface area (Å²) in [5.41, 5.74) is 2.03. The number of hydrogen-bond acceptors (Lipinski definition) is 7. The average molecular weight is 594 g/mol. The lowest BCUT2D eigenvalue weighted by Crippen LogP contribution is -2.32. The van der Waals surface area contributed by atoms with E-state index in [-0.39, 0.29) is 29.2 Å². The Morgan fingerprint density at radius 1 is 0.857 bits per heavy atom. The molecule has 5 aromatic rings. The van der Waals surface area contributed by atoms with E-state index in [2.05, 4.69) is 10.3 Å². The standard InChI is InChI=1S/C32H23N3O5S2/c36-24(33-23-12-6-8-18-7-4-5-11-22(18)23)17-40-21-15-13-19(14-16-21)25-26-28(41-29-27(25)42-32(39)34-29)31(38)35(30(26)37)20-9-2-1-3-10-20/h1-16,25-26,28H,17H2,(H,33,36)(H,34,39)/t25-,26-,28+/m0/s1. The minimum absolute atomic E-state index is 0.185. The van der Waals surface area contributed by atoms with Gasteiger partial charge in [0, 0.05) is 21.9 Å². The second-order valence-electron chi connectivity index (χ2n) is 10.0. The number of nitrogens with zero attached hydrogens (tertiary/aromatic N) is 1. The monoisotopic (exact) mass is 593 g/mol. The minimum atomic E-state index is -0.667. The molecule has 0 saturated carbocycles. The van der Waals surface area contributed by atoms with Gasteiger partial charge in [0.25, 0.3) is 5.91 Å². The molecule has 2 aliphatic heterocycles. The zero-order valence-electron chi connectivity index (χ0n) is 22.0. The molecule has 1 saturated heterocycles. The molecule has 1 aromatic heterocycles. The van der Waals surface area contributed by atoms with Gasteiger partial charge in [0.05, 0.1) is 16.6 Å². The smallest absolute Gasteiger partial charge is 0.305 e. The molecule has 10 heteroatoms. The van der Waals surface area contributed by atoms with Crippen LogP contribution in [-0.2, 0) is 14.4 Å². The molecule has 3 heterocycles. The Balaban J connectivity index is 1.12. The summed E-state index contributed by atoms with van der Waals surface area (Å²) in [4.78, 5) is 56.9. The first-order valence-electron chi connectivity index (χ1n) is 13.3. The predicted octanol–water partition coefficient (Wildman–Crippen LogP) is 5.40. The van der Waals surface area contributed by atoms with Crippen molar-refractivity contribution in [1.82, 2.24) is 4.98 Å². The third-order valence-electron chi connectivity index (χ3n) is 7.51. The fourth-order valence-corrected chi connectivity index (χ4v) is 8.16. The number of aromatic nitrogens is 1. The van der Waals surface area contributed by atoms with Crippen LogP contribution in [0.3, 0.4) is 0 Å². The summed E-state index contributed by atoms with van der Waals surface area (Å²) < 4.78 is 5.77. The number of fused-ring (bicyclic) bond motifs is 3. The molecule has 8 nitrogen and oxygen atoms in total. The van der Waals surface area contributed by atoms with E-state index in [1.54, 1.807) is 36.4 Å². The molecule has 7 rings (SSSR count). The number of aromatic amines is 1. The van der Waals surface area contributed by atoms with Crippen LogP contribution < -0.4 is 19.8 Å². The summed E-state index contributed by atoms with van der Waals surface area (Å²) in [7, 11) is 0. The van der Waals surface area contributed by atoms with Crippen LogP contribution in [0, 0.1) is 5.92 Å². The Hall–Kier alpha value is -4.67. The largest absolute Gasteiger partial charge is 0.484 e. The maximum absolute atomic E-state index is 13.8. The topological polar surface area (TPSA) is 109 Å². The van der Waals surface area contributed by atoms with E-state index >= 15 is 0 Å². The highest BCUT2D eigenvalue weighted by molar-refractivity contribution is 8.00. The zero-order valence-corrected chi connectivity index (χ0v) is 23.6. The average Bonchev–Trinajstić information content (AvgIpc) is 3.51. The van der Waals surface area contributed by atoms with Crippen LogP contribution in [0.5, 0.6) is 5.75 Å². The Labute approximate surface area is 248 Å². The van der Waals surface area contributed by atoms with Gasteiger partial charge in [-0.3, -0.25) is 19.2 Å². The highest BCUT2D eigenvalue weighted by Gasteiger charge is 2.56. The third kappa shape index (κ3) is 4.58. The number of imide groups is 1. The van der Waals surface area contributed by atoms with Gasteiger partial charge < -0.3 is 15.0 Å². The van der Waals surface area contributed by atoms with Gasteiger partial charge in [-0.1, -0.05) is 89.8 Å². The van der Waals surface area contributed by atoms with Crippen molar-refractivity contribution >= 4 is 63.0 Å². The number of hydrogen-bond donors (Lipinski definition) is 2. The summed E-state index contributed by atoms with van der Waals surface area (Å²) in [5.74, 6) is -1.54. The molecule has 0 radical (unpaired) electrons. The molecule has 0 unspecified atom stereocenters. The third-order valence-corrected chi connectivity index (χ3v) is 9.91. The van der Waals surface area contributed by atoms with Crippen LogP contribution in [0.4, 0.5) is 11.4 Å². The molecule has 0 spiro atoms. The molecule has 0 aliphatic carbocycles. The number of H-pyrrole nitrogens is 1. The number of para-hydroxylation sites is 1. The fourth-order valence-electron chi connectivity index (χ4n) is 5.65. The second kappa shape index (κ2) is 10.6. The number of carbonyl (C=O) groups is 3. The number of rotatable bonds is 6. The van der Waals surface area contributed by atoms with Crippen LogP contribution >= 0.6 is 23.1 Å². The van der Waals surface area contributed by atoms with Crippen molar-refractivity contribution in [2.45, 2.75) is 16.2 Å². The van der Waals surface area contributed by atoms with Gasteiger partial charge in [-0.25, -0.2) is 4.90 Å². The van der Waals surface area contributed by atoms with E-state index in [1.165, 1.54) is 16.7 Å². The lowest BCUT2D eigenvalue weighted by Gasteiger charge is -2.29. The highest BCUT2D eigenvalue weighted by atomic mass is 32.2. The second-order valence-corrected chi connectivity index (χ2v) is 12.2. The summed E-state index contributed by atoms with van der Waals surface area (Å²) in [6, 6.07) is 29.6. The maximum atomic E-state index is 13.8. The van der Waals surface area contributed by atoms with Crippen molar-refractivity contribution in [3.8, 4) is 5.75 Å². The molecule has 3 atom stereocenters. The van der Waals surface area contributed by atoms with Crippen LogP contribution in [0.15, 0.2) is 107 Å². The van der Waals surface area contributed by atoms with Gasteiger partial charge >= 0.3 is 4.87 Å². The Kier molecular flexibility index (Phi) is 6.64. The highest BCUT2D eigenvalue weighted by Crippen LogP contribution is 2.53. The molecular weight excluding hydrogens is 571 g/mol. The first-order chi connectivity index (χ1) is 20.5. The summed E-state index contributed by atoms with van der Waals surface area (Å²) in [6.07, 6.45) is 0. The number of carbonyl (C=O) groups excluding carboxylic acids is 3. The number of ether oxygens (including phenoxy) is 1. The van der Waals surface area contributed by atoms with Crippen molar-refractivity contribution in [2.24, 2.45) is 5.92 Å². The Bertz CT molecular complexity index is 1900. The van der Waals surface area contributed by atoms with Crippen LogP contribution in [0.25, 0.3) is 10.8 Å². The van der Waals surface area contributed by atoms with E-state index in [4.69, 9.17) is 4.74 Å². The maximum Gasteiger partial charge on any atom is 0.305 e. The van der Waals surface area contributed by atoms with E-state index in [0.717, 1.165) is 32.5 Å². The molecule has 208 valence electrons. The van der Waals surface area contributed by atoms with Crippen LogP contribution in [0.1, 0.15) is 16.4 Å². The van der Waals surface area contributed by atoms with Gasteiger partial charge in [0.15, 0.2) is 6.61 Å². The molecular formula is C32H23N3O5S2. The van der Waals surface area contributed by atoms with Crippen LogP contribution in [0.2, 0.25) is 0 Å². The summed E-state index contributed by atoms with van der Waals surface area (Å²) in [5, 5.41) is 4.85. The molecule has 1 fully saturated rings. The predicted molar refractivity (Wildman–Crippen MR) is 163 cm³/mol. The number of benzene rings is 4. The molecule has 4 aromatic carbocycles. The minimum Gasteiger partial charge on any atom is -0.484 e. The van der Waals surface area contributed by atoms with Crippen molar-refractivity contribution in [2.75, 3.05) is 16.8 Å². The fraction of sp³-hybridized carbons (Fsp3) is 0.125. The number of nitrogens with one attached hydrogen (secondary N) is 2. The van der Waals surface area contributed by atoms with E-state index in [1.807, 2.05) is 60.7 Å². The molecule has 0 bridgehead atoms. The first kappa shape index (κ1) is 26.2. The van der Waals surface area contributed by atoms with Gasteiger partial charge in [-0.15, -0.1) is 0 Å². The lowest BCUT2D eigenvalue weighted by atomic mass is 9.83. The number of amides is 3. The molecule has 3 amide bonds. The van der Waals surface area contributed by atoms with Crippen LogP contribution in [-0.4, -0.2) is 34.6 Å². The van der Waals surface area contributed by atoms with Crippen molar-refractivity contribution in [3.05, 3.63) is 117 Å².